The average Bonchev–Trinajstić information content (AvgIpc) is 3.34. The van der Waals surface area contributed by atoms with Crippen LogP contribution >= 0.6 is 0 Å². The summed E-state index contributed by atoms with van der Waals surface area (Å²) in [5, 5.41) is 0. The van der Waals surface area contributed by atoms with Gasteiger partial charge in [-0.25, -0.2) is 9.97 Å². The topological polar surface area (TPSA) is 102 Å². The van der Waals surface area contributed by atoms with Gasteiger partial charge in [0.25, 0.3) is 0 Å². The fourth-order valence-electron chi connectivity index (χ4n) is 5.24. The molecule has 1 aliphatic heterocycles. The number of nitrogens with one attached hydrogen (secondary N) is 1. The highest BCUT2D eigenvalue weighted by molar-refractivity contribution is 5.76. The standard InChI is InChI=1S/C27H35N5O4/c1-3-35-24-11-9-22-27(30-24)31-26(29-22)19-6-10-23(28-17-19)32-14-12-21(13-15-32)36-20-7-4-18(5-8-20)16-25(33)34-2/h6,9-11,17-18,20-21H,3-5,7-8,12-16H2,1-2H3,(H,29,30,31). The first-order valence-corrected chi connectivity index (χ1v) is 13.0. The van der Waals surface area contributed by atoms with Gasteiger partial charge >= 0.3 is 5.97 Å². The minimum absolute atomic E-state index is 0.0981. The van der Waals surface area contributed by atoms with E-state index in [9.17, 15) is 4.79 Å². The van der Waals surface area contributed by atoms with E-state index in [4.69, 9.17) is 19.2 Å². The van der Waals surface area contributed by atoms with Crippen molar-refractivity contribution in [2.24, 2.45) is 5.92 Å². The highest BCUT2D eigenvalue weighted by atomic mass is 16.5. The van der Waals surface area contributed by atoms with Crippen molar-refractivity contribution < 1.29 is 19.0 Å². The number of anilines is 1. The first-order valence-electron chi connectivity index (χ1n) is 13.0. The number of carbonyl (C=O) groups is 1. The second-order valence-corrected chi connectivity index (χ2v) is 9.69. The van der Waals surface area contributed by atoms with Crippen LogP contribution in [0, 0.1) is 5.92 Å². The third kappa shape index (κ3) is 5.78. The Bertz CT molecular complexity index is 1150. The lowest BCUT2D eigenvalue weighted by Gasteiger charge is -2.36. The zero-order chi connectivity index (χ0) is 24.9. The lowest BCUT2D eigenvalue weighted by Crippen LogP contribution is -2.39. The maximum atomic E-state index is 11.5. The molecule has 0 amide bonds. The molecule has 1 saturated heterocycles. The summed E-state index contributed by atoms with van der Waals surface area (Å²) >= 11 is 0. The Morgan fingerprint density at radius 1 is 1.03 bits per heavy atom. The molecular formula is C27H35N5O4. The zero-order valence-electron chi connectivity index (χ0n) is 21.1. The Hall–Kier alpha value is -3.20. The molecule has 4 heterocycles. The highest BCUT2D eigenvalue weighted by Crippen LogP contribution is 2.31. The quantitative estimate of drug-likeness (QED) is 0.457. The van der Waals surface area contributed by atoms with E-state index in [1.165, 1.54) is 7.11 Å². The predicted molar refractivity (Wildman–Crippen MR) is 137 cm³/mol. The molecule has 5 rings (SSSR count). The predicted octanol–water partition coefficient (Wildman–Crippen LogP) is 4.53. The van der Waals surface area contributed by atoms with Crippen LogP contribution in [-0.2, 0) is 14.3 Å². The Balaban J connectivity index is 1.11. The molecule has 1 aliphatic carbocycles. The van der Waals surface area contributed by atoms with Gasteiger partial charge in [0.2, 0.25) is 5.88 Å². The molecule has 2 aliphatic rings. The number of imidazole rings is 1. The summed E-state index contributed by atoms with van der Waals surface area (Å²) in [6, 6.07) is 7.90. The lowest BCUT2D eigenvalue weighted by molar-refractivity contribution is -0.142. The molecule has 0 aromatic carbocycles. The van der Waals surface area contributed by atoms with Gasteiger partial charge in [-0.1, -0.05) is 0 Å². The molecule has 0 spiro atoms. The SMILES string of the molecule is CCOc1ccc2[nH]c(-c3ccc(N4CCC(OC5CCC(CC(=O)OC)CC5)CC4)nc3)nc2n1. The number of methoxy groups -OCH3 is 1. The summed E-state index contributed by atoms with van der Waals surface area (Å²) in [5.74, 6) is 2.65. The van der Waals surface area contributed by atoms with Crippen molar-refractivity contribution in [3.05, 3.63) is 30.5 Å². The number of esters is 1. The number of hydrogen-bond acceptors (Lipinski definition) is 8. The summed E-state index contributed by atoms with van der Waals surface area (Å²) in [5.41, 5.74) is 2.44. The molecule has 3 aromatic heterocycles. The van der Waals surface area contributed by atoms with E-state index >= 15 is 0 Å². The Labute approximate surface area is 211 Å². The van der Waals surface area contributed by atoms with E-state index in [1.807, 2.05) is 25.3 Å². The third-order valence-corrected chi connectivity index (χ3v) is 7.26. The molecule has 36 heavy (non-hydrogen) atoms. The van der Waals surface area contributed by atoms with Crippen LogP contribution in [0.2, 0.25) is 0 Å². The Morgan fingerprint density at radius 3 is 2.50 bits per heavy atom. The number of pyridine rings is 2. The van der Waals surface area contributed by atoms with E-state index < -0.39 is 0 Å². The number of hydrogen-bond donors (Lipinski definition) is 1. The van der Waals surface area contributed by atoms with Gasteiger partial charge in [-0.3, -0.25) is 4.79 Å². The summed E-state index contributed by atoms with van der Waals surface area (Å²) in [6.45, 7) is 4.38. The van der Waals surface area contributed by atoms with Gasteiger partial charge in [0.15, 0.2) is 5.65 Å². The molecule has 1 N–H and O–H groups in total. The summed E-state index contributed by atoms with van der Waals surface area (Å²) in [7, 11) is 1.46. The Kier molecular flexibility index (Phi) is 7.65. The van der Waals surface area contributed by atoms with Crippen LogP contribution in [0.5, 0.6) is 5.88 Å². The van der Waals surface area contributed by atoms with Crippen molar-refractivity contribution in [2.75, 3.05) is 31.7 Å². The number of fused-ring (bicyclic) bond motifs is 1. The van der Waals surface area contributed by atoms with E-state index in [0.717, 1.165) is 74.3 Å². The molecule has 2 fully saturated rings. The van der Waals surface area contributed by atoms with Crippen molar-refractivity contribution in [1.82, 2.24) is 19.9 Å². The van der Waals surface area contributed by atoms with Gasteiger partial charge in [-0.05, 0) is 69.6 Å². The number of rotatable bonds is 8. The molecule has 0 unspecified atom stereocenters. The first-order chi connectivity index (χ1) is 17.6. The van der Waals surface area contributed by atoms with Crippen LogP contribution in [0.15, 0.2) is 30.5 Å². The van der Waals surface area contributed by atoms with Gasteiger partial charge < -0.3 is 24.1 Å². The van der Waals surface area contributed by atoms with Crippen molar-refractivity contribution in [2.45, 2.75) is 64.1 Å². The Morgan fingerprint density at radius 2 is 1.81 bits per heavy atom. The maximum Gasteiger partial charge on any atom is 0.305 e. The van der Waals surface area contributed by atoms with Crippen LogP contribution in [0.3, 0.4) is 0 Å². The van der Waals surface area contributed by atoms with Crippen LogP contribution < -0.4 is 9.64 Å². The van der Waals surface area contributed by atoms with E-state index in [-0.39, 0.29) is 5.97 Å². The summed E-state index contributed by atoms with van der Waals surface area (Å²) < 4.78 is 16.7. The van der Waals surface area contributed by atoms with E-state index in [0.29, 0.717) is 42.7 Å². The summed E-state index contributed by atoms with van der Waals surface area (Å²) in [4.78, 5) is 30.9. The highest BCUT2D eigenvalue weighted by Gasteiger charge is 2.28. The molecule has 9 heteroatoms. The fraction of sp³-hybridized carbons (Fsp3) is 0.556. The number of carbonyl (C=O) groups excluding carboxylic acids is 1. The first kappa shape index (κ1) is 24.5. The summed E-state index contributed by atoms with van der Waals surface area (Å²) in [6.07, 6.45) is 9.19. The average molecular weight is 494 g/mol. The molecule has 1 saturated carbocycles. The minimum atomic E-state index is -0.0981. The van der Waals surface area contributed by atoms with Crippen LogP contribution in [0.4, 0.5) is 5.82 Å². The van der Waals surface area contributed by atoms with E-state index in [1.54, 1.807) is 0 Å². The van der Waals surface area contributed by atoms with Crippen molar-refractivity contribution >= 4 is 23.0 Å². The largest absolute Gasteiger partial charge is 0.478 e. The number of aromatic amines is 1. The number of aromatic nitrogens is 4. The molecule has 192 valence electrons. The molecule has 0 radical (unpaired) electrons. The zero-order valence-corrected chi connectivity index (χ0v) is 21.1. The molecule has 9 nitrogen and oxygen atoms in total. The number of H-pyrrole nitrogens is 1. The normalized spacial score (nSPS) is 21.0. The molecule has 0 atom stereocenters. The van der Waals surface area contributed by atoms with Gasteiger partial charge in [0.1, 0.15) is 11.6 Å². The number of ether oxygens (including phenoxy) is 3. The van der Waals surface area contributed by atoms with Crippen molar-refractivity contribution in [1.29, 1.82) is 0 Å². The second kappa shape index (κ2) is 11.2. The third-order valence-electron chi connectivity index (χ3n) is 7.26. The van der Waals surface area contributed by atoms with Crippen LogP contribution in [-0.4, -0.2) is 64.9 Å². The molecular weight excluding hydrogens is 458 g/mol. The van der Waals surface area contributed by atoms with Gasteiger partial charge in [0.05, 0.1) is 31.4 Å². The van der Waals surface area contributed by atoms with Crippen LogP contribution in [0.25, 0.3) is 22.6 Å². The number of nitrogens with zero attached hydrogens (tertiary/aromatic N) is 4. The van der Waals surface area contributed by atoms with Gasteiger partial charge in [0, 0.05) is 37.3 Å². The second-order valence-electron chi connectivity index (χ2n) is 9.69. The molecule has 3 aromatic rings. The number of piperidine rings is 1. The van der Waals surface area contributed by atoms with Crippen molar-refractivity contribution in [3.8, 4) is 17.3 Å². The fourth-order valence-corrected chi connectivity index (χ4v) is 5.24. The van der Waals surface area contributed by atoms with Crippen molar-refractivity contribution in [3.63, 3.8) is 0 Å². The van der Waals surface area contributed by atoms with E-state index in [2.05, 4.69) is 32.0 Å². The molecule has 0 bridgehead atoms. The lowest BCUT2D eigenvalue weighted by atomic mass is 9.85. The minimum Gasteiger partial charge on any atom is -0.478 e. The van der Waals surface area contributed by atoms with Gasteiger partial charge in [-0.2, -0.15) is 4.98 Å². The smallest absolute Gasteiger partial charge is 0.305 e. The monoisotopic (exact) mass is 493 g/mol. The van der Waals surface area contributed by atoms with Crippen LogP contribution in [0.1, 0.15) is 51.9 Å². The van der Waals surface area contributed by atoms with Gasteiger partial charge in [-0.15, -0.1) is 0 Å². The maximum absolute atomic E-state index is 11.5.